The van der Waals surface area contributed by atoms with Crippen molar-refractivity contribution in [2.75, 3.05) is 80.4 Å². The number of halogens is 2. The summed E-state index contributed by atoms with van der Waals surface area (Å²) in [7, 11) is 3.64. The van der Waals surface area contributed by atoms with Gasteiger partial charge >= 0.3 is 6.03 Å². The molecule has 6 heterocycles. The van der Waals surface area contributed by atoms with Crippen molar-refractivity contribution >= 4 is 67.3 Å². The molecule has 3 amide bonds. The smallest absolute Gasteiger partial charge is 0.325 e. The zero-order chi connectivity index (χ0) is 41.6. The number of likely N-dealkylation sites (tertiary alicyclic amines) is 1. The number of nitrogens with one attached hydrogen (secondary N) is 2. The molecule has 0 spiro atoms. The van der Waals surface area contributed by atoms with Gasteiger partial charge in [0.15, 0.2) is 22.0 Å². The lowest BCUT2D eigenvalue weighted by molar-refractivity contribution is -0.129. The number of fused-ring (bicyclic) bond motifs is 3. The SMILES string of the molecule is COc1c(N2CC3CCCN(C)C3C2)c(F)cc2c(=O)c(-c3nnc(NC(=O)Nc4cn(C5CC5)c5cc(N6CCN(C(C)=O)CC6)c(F)cc5c4=O)s3)cn(C3CC3)c12. The van der Waals surface area contributed by atoms with Gasteiger partial charge in [0.05, 0.1) is 40.2 Å². The zero-order valence-electron chi connectivity index (χ0n) is 33.7. The lowest BCUT2D eigenvalue weighted by Crippen LogP contribution is -2.48. The summed E-state index contributed by atoms with van der Waals surface area (Å²) in [5.41, 5.74) is 1.07. The predicted molar refractivity (Wildman–Crippen MR) is 227 cm³/mol. The maximum atomic E-state index is 16.3. The standard InChI is InChI=1S/C42H46F2N10O5S/c1-22(55)50-11-13-51(14-12-50)33-17-32-26(15-29(33)43)38(57)31(20-53(32)24-6-7-24)45-41(58)46-42-48-47-40(60-42)28-19-54(25-8-9-25)35-27(37(28)56)16-30(44)36(39(35)59-3)52-18-23-5-4-10-49(2)34(23)21-52/h15-17,19-20,23-25,34H,4-14,18,21H2,1-3H3,(H2,45,46,48,58). The number of benzene rings is 2. The van der Waals surface area contributed by atoms with Crippen LogP contribution in [-0.4, -0.2) is 107 Å². The molecule has 15 nitrogen and oxygen atoms in total. The van der Waals surface area contributed by atoms with Crippen LogP contribution >= 0.6 is 11.3 Å². The first-order chi connectivity index (χ1) is 29.0. The van der Waals surface area contributed by atoms with Crippen LogP contribution < -0.4 is 36.0 Å². The minimum atomic E-state index is -0.766. The Balaban J connectivity index is 0.919. The second kappa shape index (κ2) is 14.8. The molecular formula is C42H46F2N10O5S. The van der Waals surface area contributed by atoms with Gasteiger partial charge in [0.2, 0.25) is 16.5 Å². The van der Waals surface area contributed by atoms with Crippen molar-refractivity contribution < 1.29 is 23.1 Å². The molecule has 2 aromatic carbocycles. The Morgan fingerprint density at radius 3 is 2.27 bits per heavy atom. The van der Waals surface area contributed by atoms with E-state index in [1.54, 1.807) is 23.4 Å². The van der Waals surface area contributed by atoms with Gasteiger partial charge in [-0.1, -0.05) is 11.3 Å². The van der Waals surface area contributed by atoms with E-state index in [2.05, 4.69) is 37.7 Å². The van der Waals surface area contributed by atoms with Gasteiger partial charge in [-0.05, 0) is 76.2 Å². The number of pyridine rings is 2. The number of piperazine rings is 1. The Kier molecular flexibility index (Phi) is 9.53. The zero-order valence-corrected chi connectivity index (χ0v) is 34.5. The van der Waals surface area contributed by atoms with E-state index in [9.17, 15) is 19.2 Å². The van der Waals surface area contributed by atoms with E-state index in [-0.39, 0.29) is 50.2 Å². The Hall–Kier alpha value is -5.62. The average Bonchev–Trinajstić information content (AvgIpc) is 4.17. The molecule has 18 heteroatoms. The second-order valence-electron chi connectivity index (χ2n) is 16.8. The molecule has 3 aromatic heterocycles. The highest BCUT2D eigenvalue weighted by Crippen LogP contribution is 2.46. The molecule has 3 saturated heterocycles. The van der Waals surface area contributed by atoms with Gasteiger partial charge in [-0.25, -0.2) is 13.6 Å². The van der Waals surface area contributed by atoms with Crippen LogP contribution in [0.4, 0.5) is 35.8 Å². The van der Waals surface area contributed by atoms with E-state index in [1.165, 1.54) is 26.2 Å². The van der Waals surface area contributed by atoms with E-state index < -0.39 is 28.5 Å². The fourth-order valence-electron chi connectivity index (χ4n) is 9.55. The Bertz CT molecular complexity index is 2700. The number of hydrogen-bond donors (Lipinski definition) is 2. The number of anilines is 4. The monoisotopic (exact) mass is 840 g/mol. The van der Waals surface area contributed by atoms with E-state index in [4.69, 9.17) is 4.74 Å². The molecule has 2 saturated carbocycles. The van der Waals surface area contributed by atoms with Gasteiger partial charge in [-0.2, -0.15) is 0 Å². The van der Waals surface area contributed by atoms with Crippen LogP contribution in [0.5, 0.6) is 5.75 Å². The number of aromatic nitrogens is 4. The number of hydrogen-bond acceptors (Lipinski definition) is 11. The van der Waals surface area contributed by atoms with Crippen molar-refractivity contribution in [2.24, 2.45) is 5.92 Å². The molecule has 60 heavy (non-hydrogen) atoms. The number of urea groups is 1. The van der Waals surface area contributed by atoms with Crippen molar-refractivity contribution in [3.8, 4) is 16.3 Å². The van der Waals surface area contributed by atoms with Crippen molar-refractivity contribution in [3.05, 3.63) is 62.7 Å². The number of rotatable bonds is 8. The Morgan fingerprint density at radius 1 is 0.833 bits per heavy atom. The first kappa shape index (κ1) is 38.6. The van der Waals surface area contributed by atoms with Gasteiger partial charge in [-0.15, -0.1) is 10.2 Å². The van der Waals surface area contributed by atoms with E-state index >= 15 is 8.78 Å². The van der Waals surface area contributed by atoms with Crippen LogP contribution in [0.1, 0.15) is 57.5 Å². The Labute approximate surface area is 347 Å². The number of methoxy groups -OCH3 is 1. The van der Waals surface area contributed by atoms with Crippen molar-refractivity contribution in [1.29, 1.82) is 0 Å². The highest BCUT2D eigenvalue weighted by molar-refractivity contribution is 7.18. The molecule has 2 N–H and O–H groups in total. The van der Waals surface area contributed by atoms with Crippen LogP contribution in [0, 0.1) is 17.6 Å². The largest absolute Gasteiger partial charge is 0.492 e. The fraction of sp³-hybridized carbons (Fsp3) is 0.476. The third-order valence-corrected chi connectivity index (χ3v) is 13.8. The quantitative estimate of drug-likeness (QED) is 0.201. The first-order valence-electron chi connectivity index (χ1n) is 20.7. The lowest BCUT2D eigenvalue weighted by atomic mass is 9.93. The van der Waals surface area contributed by atoms with Crippen molar-refractivity contribution in [3.63, 3.8) is 0 Å². The topological polar surface area (TPSA) is 150 Å². The molecular weight excluding hydrogens is 795 g/mol. The van der Waals surface area contributed by atoms with Gasteiger partial charge < -0.3 is 38.8 Å². The Morgan fingerprint density at radius 2 is 1.57 bits per heavy atom. The van der Waals surface area contributed by atoms with Crippen LogP contribution in [-0.2, 0) is 4.79 Å². The summed E-state index contributed by atoms with van der Waals surface area (Å²) in [6, 6.07) is 3.97. The molecule has 10 rings (SSSR count). The third kappa shape index (κ3) is 6.73. The molecule has 2 atom stereocenters. The van der Waals surface area contributed by atoms with Crippen molar-refractivity contribution in [2.45, 2.75) is 63.6 Å². The first-order valence-corrected chi connectivity index (χ1v) is 21.5. The number of nitrogens with zero attached hydrogens (tertiary/aromatic N) is 8. The fourth-order valence-corrected chi connectivity index (χ4v) is 10.3. The maximum Gasteiger partial charge on any atom is 0.325 e. The summed E-state index contributed by atoms with van der Waals surface area (Å²) in [6.07, 6.45) is 9.05. The highest BCUT2D eigenvalue weighted by atomic mass is 32.1. The van der Waals surface area contributed by atoms with Crippen molar-refractivity contribution in [1.82, 2.24) is 29.1 Å². The number of likely N-dealkylation sites (N-methyl/N-ethyl adjacent to an activating group) is 1. The second-order valence-corrected chi connectivity index (χ2v) is 17.8. The molecule has 0 bridgehead atoms. The summed E-state index contributed by atoms with van der Waals surface area (Å²) in [5, 5.41) is 14.3. The van der Waals surface area contributed by atoms with Crippen LogP contribution in [0.3, 0.4) is 0 Å². The lowest BCUT2D eigenvalue weighted by Gasteiger charge is -2.36. The normalized spacial score (nSPS) is 20.9. The molecule has 5 fully saturated rings. The number of carbonyl (C=O) groups is 2. The third-order valence-electron chi connectivity index (χ3n) is 12.9. The number of ether oxygens (including phenoxy) is 1. The van der Waals surface area contributed by atoms with Crippen LogP contribution in [0.15, 0.2) is 40.2 Å². The predicted octanol–water partition coefficient (Wildman–Crippen LogP) is 5.63. The number of amides is 3. The molecule has 2 unspecified atom stereocenters. The van der Waals surface area contributed by atoms with E-state index in [1.807, 2.05) is 14.0 Å². The highest BCUT2D eigenvalue weighted by Gasteiger charge is 2.40. The van der Waals surface area contributed by atoms with Crippen LogP contribution in [0.2, 0.25) is 0 Å². The molecule has 3 aliphatic heterocycles. The van der Waals surface area contributed by atoms with E-state index in [0.29, 0.717) is 79.4 Å². The summed E-state index contributed by atoms with van der Waals surface area (Å²) < 4.78 is 41.8. The molecule has 5 aliphatic rings. The summed E-state index contributed by atoms with van der Waals surface area (Å²) >= 11 is 0.977. The van der Waals surface area contributed by atoms with Gasteiger partial charge in [-0.3, -0.25) is 19.7 Å². The number of carbonyl (C=O) groups excluding carboxylic acids is 2. The minimum absolute atomic E-state index is 0.0226. The number of piperidine rings is 1. The minimum Gasteiger partial charge on any atom is -0.492 e. The molecule has 314 valence electrons. The van der Waals surface area contributed by atoms with Gasteiger partial charge in [0, 0.05) is 76.7 Å². The molecule has 5 aromatic rings. The average molecular weight is 841 g/mol. The molecule has 2 aliphatic carbocycles. The van der Waals surface area contributed by atoms with E-state index in [0.717, 1.165) is 56.4 Å². The van der Waals surface area contributed by atoms with Crippen LogP contribution in [0.25, 0.3) is 32.4 Å². The summed E-state index contributed by atoms with van der Waals surface area (Å²) in [4.78, 5) is 61.2. The molecule has 0 radical (unpaired) electrons. The summed E-state index contributed by atoms with van der Waals surface area (Å²) in [5.74, 6) is -0.324. The van der Waals surface area contributed by atoms with Gasteiger partial charge in [0.1, 0.15) is 17.2 Å². The summed E-state index contributed by atoms with van der Waals surface area (Å²) in [6.45, 7) is 5.82. The maximum absolute atomic E-state index is 16.3. The van der Waals surface area contributed by atoms with Gasteiger partial charge in [0.25, 0.3) is 0 Å².